The SMILES string of the molecule is CN1CCN(c2ccc(C=C3Sc4ccc(S(=O)(=O)Cc5c(Cl)cccc5Cl)cc4NC3=O)cc2)CC1. The topological polar surface area (TPSA) is 69.7 Å². The number of halogens is 2. The van der Waals surface area contributed by atoms with Crippen molar-refractivity contribution in [3.05, 3.63) is 86.7 Å². The molecule has 0 radical (unpaired) electrons. The van der Waals surface area contributed by atoms with E-state index in [-0.39, 0.29) is 16.6 Å². The summed E-state index contributed by atoms with van der Waals surface area (Å²) < 4.78 is 26.2. The maximum Gasteiger partial charge on any atom is 0.262 e. The molecule has 1 amide bonds. The first-order valence-electron chi connectivity index (χ1n) is 11.7. The van der Waals surface area contributed by atoms with Gasteiger partial charge >= 0.3 is 0 Å². The first-order chi connectivity index (χ1) is 17.7. The predicted octanol–water partition coefficient (Wildman–Crippen LogP) is 5.80. The van der Waals surface area contributed by atoms with Crippen molar-refractivity contribution in [2.75, 3.05) is 43.4 Å². The molecule has 0 saturated carbocycles. The molecule has 0 unspecified atom stereocenters. The number of rotatable bonds is 5. The number of likely N-dealkylation sites (N-methyl/N-ethyl adjacent to an activating group) is 1. The number of nitrogens with zero attached hydrogens (tertiary/aromatic N) is 2. The van der Waals surface area contributed by atoms with E-state index in [1.54, 1.807) is 30.3 Å². The number of hydrogen-bond donors (Lipinski definition) is 1. The highest BCUT2D eigenvalue weighted by Gasteiger charge is 2.25. The van der Waals surface area contributed by atoms with Gasteiger partial charge in [-0.15, -0.1) is 0 Å². The van der Waals surface area contributed by atoms with Gasteiger partial charge in [0.1, 0.15) is 0 Å². The lowest BCUT2D eigenvalue weighted by molar-refractivity contribution is -0.112. The summed E-state index contributed by atoms with van der Waals surface area (Å²) in [5.41, 5.74) is 2.91. The van der Waals surface area contributed by atoms with E-state index in [0.29, 0.717) is 26.2 Å². The van der Waals surface area contributed by atoms with Gasteiger partial charge in [-0.1, -0.05) is 53.2 Å². The normalized spacial score (nSPS) is 17.5. The molecule has 0 aromatic heterocycles. The number of carbonyl (C=O) groups is 1. The second-order valence-corrected chi connectivity index (χ2v) is 13.0. The highest BCUT2D eigenvalue weighted by Crippen LogP contribution is 2.40. The lowest BCUT2D eigenvalue weighted by Gasteiger charge is -2.34. The van der Waals surface area contributed by atoms with Crippen molar-refractivity contribution in [1.29, 1.82) is 0 Å². The van der Waals surface area contributed by atoms with Crippen LogP contribution in [0.15, 0.2) is 75.4 Å². The minimum absolute atomic E-state index is 0.0926. The summed E-state index contributed by atoms with van der Waals surface area (Å²) in [7, 11) is -1.61. The van der Waals surface area contributed by atoms with Crippen molar-refractivity contribution >= 4 is 68.2 Å². The number of thioether (sulfide) groups is 1. The van der Waals surface area contributed by atoms with Crippen LogP contribution in [-0.4, -0.2) is 52.5 Å². The predicted molar refractivity (Wildman–Crippen MR) is 152 cm³/mol. The Morgan fingerprint density at radius 2 is 1.65 bits per heavy atom. The quantitative estimate of drug-likeness (QED) is 0.389. The number of sulfone groups is 1. The van der Waals surface area contributed by atoms with Crippen molar-refractivity contribution in [2.24, 2.45) is 0 Å². The maximum absolute atomic E-state index is 13.1. The molecule has 0 spiro atoms. The average molecular weight is 575 g/mol. The van der Waals surface area contributed by atoms with Crippen LogP contribution in [0.2, 0.25) is 10.0 Å². The number of amides is 1. The molecule has 0 atom stereocenters. The Hall–Kier alpha value is -2.49. The lowest BCUT2D eigenvalue weighted by Crippen LogP contribution is -2.44. The van der Waals surface area contributed by atoms with Crippen LogP contribution in [0, 0.1) is 0 Å². The first-order valence-corrected chi connectivity index (χ1v) is 15.0. The summed E-state index contributed by atoms with van der Waals surface area (Å²) in [6, 6.07) is 17.8. The van der Waals surface area contributed by atoms with Gasteiger partial charge in [0.25, 0.3) is 5.91 Å². The third-order valence-corrected chi connectivity index (χ3v) is 9.91. The van der Waals surface area contributed by atoms with Gasteiger partial charge < -0.3 is 15.1 Å². The number of anilines is 2. The van der Waals surface area contributed by atoms with E-state index in [2.05, 4.69) is 34.3 Å². The second-order valence-electron chi connectivity index (χ2n) is 9.06. The van der Waals surface area contributed by atoms with E-state index in [1.807, 2.05) is 18.2 Å². The van der Waals surface area contributed by atoms with E-state index in [9.17, 15) is 13.2 Å². The molecule has 0 bridgehead atoms. The maximum atomic E-state index is 13.1. The number of carbonyl (C=O) groups excluding carboxylic acids is 1. The Morgan fingerprint density at radius 1 is 0.973 bits per heavy atom. The largest absolute Gasteiger partial charge is 0.369 e. The molecule has 1 fully saturated rings. The molecule has 2 heterocycles. The summed E-state index contributed by atoms with van der Waals surface area (Å²) in [6.07, 6.45) is 1.85. The van der Waals surface area contributed by atoms with Crippen molar-refractivity contribution in [3.63, 3.8) is 0 Å². The van der Waals surface area contributed by atoms with Gasteiger partial charge in [-0.3, -0.25) is 4.79 Å². The van der Waals surface area contributed by atoms with E-state index in [4.69, 9.17) is 23.2 Å². The third-order valence-electron chi connectivity index (χ3n) is 6.46. The molecule has 6 nitrogen and oxygen atoms in total. The van der Waals surface area contributed by atoms with Crippen LogP contribution in [0.5, 0.6) is 0 Å². The smallest absolute Gasteiger partial charge is 0.262 e. The standard InChI is InChI=1S/C27H25Cl2N3O3S2/c1-31-11-13-32(14-12-31)19-7-5-18(6-8-19)15-26-27(33)30-24-16-20(9-10-25(24)36-26)37(34,35)17-21-22(28)3-2-4-23(21)29/h2-10,15-16H,11-14,17H2,1H3,(H,30,33). The van der Waals surface area contributed by atoms with Crippen LogP contribution in [0.25, 0.3) is 6.08 Å². The van der Waals surface area contributed by atoms with Gasteiger partial charge in [-0.05, 0) is 61.2 Å². The van der Waals surface area contributed by atoms with E-state index in [0.717, 1.165) is 36.6 Å². The Balaban J connectivity index is 1.33. The van der Waals surface area contributed by atoms with Gasteiger partial charge in [0.05, 0.1) is 21.2 Å². The molecule has 3 aromatic carbocycles. The monoisotopic (exact) mass is 573 g/mol. The highest BCUT2D eigenvalue weighted by atomic mass is 35.5. The molecule has 2 aliphatic rings. The van der Waals surface area contributed by atoms with Crippen molar-refractivity contribution in [2.45, 2.75) is 15.5 Å². The van der Waals surface area contributed by atoms with Gasteiger partial charge in [-0.2, -0.15) is 0 Å². The first kappa shape index (κ1) is 26.1. The summed E-state index contributed by atoms with van der Waals surface area (Å²) in [6.45, 7) is 4.07. The minimum Gasteiger partial charge on any atom is -0.369 e. The highest BCUT2D eigenvalue weighted by molar-refractivity contribution is 8.04. The molecule has 2 aliphatic heterocycles. The van der Waals surface area contributed by atoms with Crippen LogP contribution in [0.4, 0.5) is 11.4 Å². The summed E-state index contributed by atoms with van der Waals surface area (Å²) >= 11 is 13.7. The molecule has 1 saturated heterocycles. The fourth-order valence-corrected chi connectivity index (χ4v) is 7.33. The third kappa shape index (κ3) is 5.84. The molecule has 0 aliphatic carbocycles. The van der Waals surface area contributed by atoms with E-state index < -0.39 is 9.84 Å². The number of hydrogen-bond acceptors (Lipinski definition) is 6. The molecule has 5 rings (SSSR count). The molecular formula is C27H25Cl2N3O3S2. The van der Waals surface area contributed by atoms with E-state index in [1.165, 1.54) is 23.5 Å². The van der Waals surface area contributed by atoms with Crippen molar-refractivity contribution in [3.8, 4) is 0 Å². The van der Waals surface area contributed by atoms with Gasteiger partial charge in [0.15, 0.2) is 9.84 Å². The van der Waals surface area contributed by atoms with Crippen LogP contribution >= 0.6 is 35.0 Å². The number of nitrogens with one attached hydrogen (secondary N) is 1. The molecular weight excluding hydrogens is 549 g/mol. The minimum atomic E-state index is -3.74. The summed E-state index contributed by atoms with van der Waals surface area (Å²) in [5, 5.41) is 3.43. The summed E-state index contributed by atoms with van der Waals surface area (Å²) in [5.74, 6) is -0.606. The van der Waals surface area contributed by atoms with Crippen molar-refractivity contribution in [1.82, 2.24) is 4.90 Å². The zero-order valence-corrected chi connectivity index (χ0v) is 23.2. The number of piperazine rings is 1. The van der Waals surface area contributed by atoms with Crippen LogP contribution in [0.3, 0.4) is 0 Å². The molecule has 37 heavy (non-hydrogen) atoms. The zero-order valence-electron chi connectivity index (χ0n) is 20.1. The fourth-order valence-electron chi connectivity index (χ4n) is 4.27. The van der Waals surface area contributed by atoms with Gasteiger partial charge in [-0.25, -0.2) is 8.42 Å². The van der Waals surface area contributed by atoms with Crippen LogP contribution < -0.4 is 10.2 Å². The van der Waals surface area contributed by atoms with E-state index >= 15 is 0 Å². The second kappa shape index (κ2) is 10.7. The fraction of sp³-hybridized carbons (Fsp3) is 0.222. The molecule has 3 aromatic rings. The Bertz CT molecular complexity index is 1460. The Morgan fingerprint density at radius 3 is 2.32 bits per heavy atom. The Kier molecular flexibility index (Phi) is 7.56. The van der Waals surface area contributed by atoms with Crippen LogP contribution in [0.1, 0.15) is 11.1 Å². The number of fused-ring (bicyclic) bond motifs is 1. The van der Waals surface area contributed by atoms with Gasteiger partial charge in [0.2, 0.25) is 0 Å². The zero-order chi connectivity index (χ0) is 26.2. The van der Waals surface area contributed by atoms with Crippen LogP contribution in [-0.2, 0) is 20.4 Å². The Labute approximate surface area is 231 Å². The molecule has 192 valence electrons. The average Bonchev–Trinajstić information content (AvgIpc) is 2.87. The summed E-state index contributed by atoms with van der Waals surface area (Å²) in [4.78, 5) is 18.9. The number of benzene rings is 3. The van der Waals surface area contributed by atoms with Gasteiger partial charge in [0, 0.05) is 52.4 Å². The molecule has 1 N–H and O–H groups in total. The lowest BCUT2D eigenvalue weighted by atomic mass is 10.1. The molecule has 10 heteroatoms. The van der Waals surface area contributed by atoms with Crippen molar-refractivity contribution < 1.29 is 13.2 Å².